The van der Waals surface area contributed by atoms with Gasteiger partial charge in [-0.3, -0.25) is 14.3 Å². The number of hydrogen-bond donors (Lipinski definition) is 2. The second-order valence-electron chi connectivity index (χ2n) is 5.28. The van der Waals surface area contributed by atoms with E-state index in [0.29, 0.717) is 17.0 Å². The number of rotatable bonds is 5. The van der Waals surface area contributed by atoms with E-state index in [2.05, 4.69) is 10.4 Å². The number of amides is 1. The van der Waals surface area contributed by atoms with E-state index in [-0.39, 0.29) is 12.1 Å². The van der Waals surface area contributed by atoms with Crippen molar-refractivity contribution in [2.24, 2.45) is 7.05 Å². The van der Waals surface area contributed by atoms with E-state index in [1.54, 1.807) is 20.9 Å². The minimum absolute atomic E-state index is 0.144. The Morgan fingerprint density at radius 3 is 2.43 bits per heavy atom. The number of carbonyl (C=O) groups excluding carboxylic acids is 2. The molecule has 7 heteroatoms. The number of aryl methyl sites for hydroxylation is 2. The van der Waals surface area contributed by atoms with Crippen LogP contribution in [-0.4, -0.2) is 33.1 Å². The summed E-state index contributed by atoms with van der Waals surface area (Å²) >= 11 is 0. The molecule has 1 heterocycles. The zero-order valence-corrected chi connectivity index (χ0v) is 13.1. The Kier molecular flexibility index (Phi) is 4.90. The first-order valence-corrected chi connectivity index (χ1v) is 7.07. The van der Waals surface area contributed by atoms with Gasteiger partial charge in [-0.1, -0.05) is 12.1 Å². The molecule has 1 amide bonds. The van der Waals surface area contributed by atoms with Crippen LogP contribution >= 0.6 is 0 Å². The molecule has 2 aromatic rings. The van der Waals surface area contributed by atoms with Gasteiger partial charge in [-0.15, -0.1) is 0 Å². The quantitative estimate of drug-likeness (QED) is 0.641. The van der Waals surface area contributed by atoms with E-state index in [1.807, 2.05) is 0 Å². The van der Waals surface area contributed by atoms with Gasteiger partial charge in [0.2, 0.25) is 0 Å². The van der Waals surface area contributed by atoms with Crippen molar-refractivity contribution in [2.75, 3.05) is 6.54 Å². The van der Waals surface area contributed by atoms with Crippen LogP contribution in [-0.2, 0) is 11.8 Å². The van der Waals surface area contributed by atoms with Crippen molar-refractivity contribution >= 4 is 11.7 Å². The molecule has 2 rings (SSSR count). The minimum atomic E-state index is -1.02. The average Bonchev–Trinajstić information content (AvgIpc) is 2.77. The Balaban J connectivity index is 2.01. The number of aliphatic hydroxyl groups excluding tert-OH is 1. The molecule has 1 atom stereocenters. The molecule has 0 aliphatic carbocycles. The largest absolute Gasteiger partial charge is 0.387 e. The Morgan fingerprint density at radius 2 is 1.91 bits per heavy atom. The van der Waals surface area contributed by atoms with E-state index in [9.17, 15) is 19.1 Å². The molecule has 1 unspecified atom stereocenters. The molecule has 1 aromatic heterocycles. The standard InChI is InChI=1S/C16H18FN3O3/c1-9-14(10(2)20(3)19-9)15(22)16(23)18-8-13(21)11-4-6-12(17)7-5-11/h4-7,13,21H,8H2,1-3H3,(H,18,23). The average molecular weight is 319 g/mol. The Bertz CT molecular complexity index is 738. The summed E-state index contributed by atoms with van der Waals surface area (Å²) in [5, 5.41) is 16.4. The lowest BCUT2D eigenvalue weighted by Crippen LogP contribution is -2.34. The van der Waals surface area contributed by atoms with Crippen LogP contribution in [0.1, 0.15) is 33.4 Å². The number of hydrogen-bond acceptors (Lipinski definition) is 4. The van der Waals surface area contributed by atoms with Crippen LogP contribution in [0.3, 0.4) is 0 Å². The molecule has 0 saturated carbocycles. The monoisotopic (exact) mass is 319 g/mol. The number of aliphatic hydroxyl groups is 1. The van der Waals surface area contributed by atoms with Crippen molar-refractivity contribution in [1.82, 2.24) is 15.1 Å². The van der Waals surface area contributed by atoms with E-state index < -0.39 is 23.6 Å². The van der Waals surface area contributed by atoms with Crippen molar-refractivity contribution < 1.29 is 19.1 Å². The minimum Gasteiger partial charge on any atom is -0.387 e. The summed E-state index contributed by atoms with van der Waals surface area (Å²) in [5.41, 5.74) is 1.79. The maximum atomic E-state index is 12.8. The summed E-state index contributed by atoms with van der Waals surface area (Å²) < 4.78 is 14.4. The number of Topliss-reactive ketones (excluding diaryl/α,β-unsaturated/α-hetero) is 1. The van der Waals surface area contributed by atoms with Gasteiger partial charge in [-0.25, -0.2) is 4.39 Å². The third-order valence-corrected chi connectivity index (χ3v) is 3.65. The van der Waals surface area contributed by atoms with Gasteiger partial charge in [0.25, 0.3) is 11.7 Å². The number of nitrogens with one attached hydrogen (secondary N) is 1. The van der Waals surface area contributed by atoms with Gasteiger partial charge in [-0.05, 0) is 31.5 Å². The first-order valence-electron chi connectivity index (χ1n) is 7.07. The fourth-order valence-corrected chi connectivity index (χ4v) is 2.29. The molecule has 0 spiro atoms. The summed E-state index contributed by atoms with van der Waals surface area (Å²) in [6.45, 7) is 3.21. The molecule has 1 aromatic carbocycles. The SMILES string of the molecule is Cc1nn(C)c(C)c1C(=O)C(=O)NCC(O)c1ccc(F)cc1. The third kappa shape index (κ3) is 3.62. The molecular weight excluding hydrogens is 301 g/mol. The highest BCUT2D eigenvalue weighted by Gasteiger charge is 2.24. The molecule has 2 N–H and O–H groups in total. The van der Waals surface area contributed by atoms with E-state index in [4.69, 9.17) is 0 Å². The maximum Gasteiger partial charge on any atom is 0.292 e. The van der Waals surface area contributed by atoms with E-state index in [0.717, 1.165) is 0 Å². The molecular formula is C16H18FN3O3. The van der Waals surface area contributed by atoms with Gasteiger partial charge >= 0.3 is 0 Å². The topological polar surface area (TPSA) is 84.2 Å². The van der Waals surface area contributed by atoms with Crippen LogP contribution in [0.25, 0.3) is 0 Å². The molecule has 0 aliphatic heterocycles. The lowest BCUT2D eigenvalue weighted by atomic mass is 10.1. The van der Waals surface area contributed by atoms with Crippen molar-refractivity contribution in [3.8, 4) is 0 Å². The zero-order valence-electron chi connectivity index (χ0n) is 13.1. The molecule has 6 nitrogen and oxygen atoms in total. The molecule has 0 fully saturated rings. The van der Waals surface area contributed by atoms with Gasteiger partial charge in [0.1, 0.15) is 5.82 Å². The summed E-state index contributed by atoms with van der Waals surface area (Å²) in [6, 6.07) is 5.27. The van der Waals surface area contributed by atoms with Gasteiger partial charge < -0.3 is 10.4 Å². The normalized spacial score (nSPS) is 12.0. The molecule has 0 aliphatic rings. The number of halogens is 1. The molecule has 0 radical (unpaired) electrons. The number of nitrogens with zero attached hydrogens (tertiary/aromatic N) is 2. The first kappa shape index (κ1) is 16.8. The van der Waals surface area contributed by atoms with Gasteiger partial charge in [-0.2, -0.15) is 5.10 Å². The van der Waals surface area contributed by atoms with Crippen LogP contribution in [0, 0.1) is 19.7 Å². The second kappa shape index (κ2) is 6.70. The lowest BCUT2D eigenvalue weighted by molar-refractivity contribution is -0.117. The first-order chi connectivity index (χ1) is 10.8. The Morgan fingerprint density at radius 1 is 1.30 bits per heavy atom. The highest BCUT2D eigenvalue weighted by molar-refractivity contribution is 6.43. The summed E-state index contributed by atoms with van der Waals surface area (Å²) in [7, 11) is 1.69. The predicted molar refractivity (Wildman–Crippen MR) is 81.4 cm³/mol. The van der Waals surface area contributed by atoms with Crippen LogP contribution in [0.2, 0.25) is 0 Å². The number of benzene rings is 1. The zero-order chi connectivity index (χ0) is 17.1. The number of ketones is 1. The van der Waals surface area contributed by atoms with E-state index >= 15 is 0 Å². The number of carbonyl (C=O) groups is 2. The third-order valence-electron chi connectivity index (χ3n) is 3.65. The van der Waals surface area contributed by atoms with Crippen molar-refractivity contribution in [3.05, 3.63) is 52.6 Å². The molecule has 0 saturated heterocycles. The van der Waals surface area contributed by atoms with Gasteiger partial charge in [0, 0.05) is 19.3 Å². The van der Waals surface area contributed by atoms with Gasteiger partial charge in [0.05, 0.1) is 17.4 Å². The van der Waals surface area contributed by atoms with Crippen LogP contribution < -0.4 is 5.32 Å². The molecule has 0 bridgehead atoms. The smallest absolute Gasteiger partial charge is 0.292 e. The number of aromatic nitrogens is 2. The van der Waals surface area contributed by atoms with Crippen molar-refractivity contribution in [1.29, 1.82) is 0 Å². The fraction of sp³-hybridized carbons (Fsp3) is 0.312. The van der Waals surface area contributed by atoms with Crippen LogP contribution in [0.4, 0.5) is 4.39 Å². The maximum absolute atomic E-state index is 12.8. The van der Waals surface area contributed by atoms with Crippen molar-refractivity contribution in [2.45, 2.75) is 20.0 Å². The summed E-state index contributed by atoms with van der Waals surface area (Å²) in [6.07, 6.45) is -1.02. The Labute approximate surface area is 132 Å². The highest BCUT2D eigenvalue weighted by atomic mass is 19.1. The predicted octanol–water partition coefficient (Wildman–Crippen LogP) is 1.21. The van der Waals surface area contributed by atoms with Gasteiger partial charge in [0.15, 0.2) is 0 Å². The summed E-state index contributed by atoms with van der Waals surface area (Å²) in [5.74, 6) is -1.92. The molecule has 23 heavy (non-hydrogen) atoms. The van der Waals surface area contributed by atoms with Crippen LogP contribution in [0.5, 0.6) is 0 Å². The molecule has 122 valence electrons. The highest BCUT2D eigenvalue weighted by Crippen LogP contribution is 2.14. The lowest BCUT2D eigenvalue weighted by Gasteiger charge is -2.12. The fourth-order valence-electron chi connectivity index (χ4n) is 2.29. The van der Waals surface area contributed by atoms with Crippen LogP contribution in [0.15, 0.2) is 24.3 Å². The van der Waals surface area contributed by atoms with E-state index in [1.165, 1.54) is 28.9 Å². The van der Waals surface area contributed by atoms with Crippen molar-refractivity contribution in [3.63, 3.8) is 0 Å². The second-order valence-corrected chi connectivity index (χ2v) is 5.28. The Hall–Kier alpha value is -2.54. The summed E-state index contributed by atoms with van der Waals surface area (Å²) in [4.78, 5) is 24.2.